The molecule has 0 aromatic rings. The van der Waals surface area contributed by atoms with E-state index >= 15 is 0 Å². The predicted octanol–water partition coefficient (Wildman–Crippen LogP) is 2.22. The van der Waals surface area contributed by atoms with Crippen LogP contribution >= 0.6 is 0 Å². The summed E-state index contributed by atoms with van der Waals surface area (Å²) in [5.41, 5.74) is 0. The summed E-state index contributed by atoms with van der Waals surface area (Å²) in [5, 5.41) is -7.03. The minimum absolute atomic E-state index is 0.947. The largest absolute Gasteiger partial charge is 0.460 e. The van der Waals surface area contributed by atoms with Crippen LogP contribution in [0.15, 0.2) is 0 Å². The van der Waals surface area contributed by atoms with E-state index in [9.17, 15) is 52.4 Å². The lowest BCUT2D eigenvalue weighted by molar-refractivity contribution is -0.382. The van der Waals surface area contributed by atoms with Crippen LogP contribution in [0.1, 0.15) is 0 Å². The van der Waals surface area contributed by atoms with E-state index in [1.807, 2.05) is 0 Å². The van der Waals surface area contributed by atoms with Crippen molar-refractivity contribution >= 4 is 10.0 Å². The van der Waals surface area contributed by atoms with Crippen LogP contribution in [0.4, 0.5) is 44.0 Å². The van der Waals surface area contributed by atoms with Gasteiger partial charge in [0.15, 0.2) is 0 Å². The molecule has 14 heteroatoms. The van der Waals surface area contributed by atoms with Gasteiger partial charge in [-0.2, -0.15) is 39.5 Å². The van der Waals surface area contributed by atoms with Gasteiger partial charge >= 0.3 is 33.3 Å². The first kappa shape index (κ1) is 17.2. The highest BCUT2D eigenvalue weighted by molar-refractivity contribution is 7.90. The SMILES string of the molecule is O=S(=O)(NF)C(F)(F)C(F)(F)C(F)(F)C(F)(F)F. The van der Waals surface area contributed by atoms with Crippen molar-refractivity contribution in [2.45, 2.75) is 23.3 Å². The highest BCUT2D eigenvalue weighted by atomic mass is 32.2. The molecule has 0 amide bonds. The number of rotatable bonds is 4. The maximum absolute atomic E-state index is 12.4. The van der Waals surface area contributed by atoms with Crippen LogP contribution in [0.3, 0.4) is 0 Å². The van der Waals surface area contributed by atoms with Crippen molar-refractivity contribution in [2.24, 2.45) is 0 Å². The van der Waals surface area contributed by atoms with Crippen molar-refractivity contribution in [2.75, 3.05) is 0 Å². The molecular weight excluding hydrogens is 316 g/mol. The second kappa shape index (κ2) is 4.11. The van der Waals surface area contributed by atoms with E-state index in [4.69, 9.17) is 0 Å². The molecule has 0 atom stereocenters. The molecule has 1 N–H and O–H groups in total. The van der Waals surface area contributed by atoms with Crippen molar-refractivity contribution in [1.29, 1.82) is 0 Å². The molecule has 0 spiro atoms. The molecule has 0 bridgehead atoms. The molecule has 0 fully saturated rings. The number of nitrogens with one attached hydrogen (secondary N) is 1. The van der Waals surface area contributed by atoms with Gasteiger partial charge in [-0.05, 0) is 4.94 Å². The smallest absolute Gasteiger partial charge is 0.203 e. The average molecular weight is 317 g/mol. The number of hydrogen-bond donors (Lipinski definition) is 1. The molecule has 3 nitrogen and oxygen atoms in total. The fourth-order valence-corrected chi connectivity index (χ4v) is 1.14. The third-order valence-electron chi connectivity index (χ3n) is 1.55. The van der Waals surface area contributed by atoms with Crippen LogP contribution in [-0.2, 0) is 10.0 Å². The summed E-state index contributed by atoms with van der Waals surface area (Å²) in [4.78, 5) is -0.947. The third kappa shape index (κ3) is 2.10. The van der Waals surface area contributed by atoms with Gasteiger partial charge in [0.2, 0.25) is 0 Å². The number of hydrogen-bond acceptors (Lipinski definition) is 2. The Kier molecular flexibility index (Phi) is 3.93. The van der Waals surface area contributed by atoms with Crippen LogP contribution in [-0.4, -0.2) is 31.7 Å². The second-order valence-electron chi connectivity index (χ2n) is 2.74. The van der Waals surface area contributed by atoms with Crippen molar-refractivity contribution in [3.63, 3.8) is 0 Å². The van der Waals surface area contributed by atoms with E-state index in [-0.39, 0.29) is 0 Å². The molecular formula is C4HF10NO2S. The van der Waals surface area contributed by atoms with Crippen LogP contribution < -0.4 is 4.94 Å². The Bertz CT molecular complexity index is 410. The van der Waals surface area contributed by atoms with Crippen LogP contribution in [0.2, 0.25) is 0 Å². The fourth-order valence-electron chi connectivity index (χ4n) is 0.578. The Morgan fingerprint density at radius 1 is 0.722 bits per heavy atom. The lowest BCUT2D eigenvalue weighted by Gasteiger charge is -2.32. The molecule has 0 saturated carbocycles. The Morgan fingerprint density at radius 3 is 1.28 bits per heavy atom. The molecule has 0 rings (SSSR count). The lowest BCUT2D eigenvalue weighted by Crippen LogP contribution is -2.64. The van der Waals surface area contributed by atoms with Gasteiger partial charge in [-0.25, -0.2) is 8.42 Å². The average Bonchev–Trinajstić information content (AvgIpc) is 2.15. The number of alkyl halides is 9. The van der Waals surface area contributed by atoms with Crippen molar-refractivity contribution < 1.29 is 52.4 Å². The van der Waals surface area contributed by atoms with Crippen LogP contribution in [0.25, 0.3) is 0 Å². The molecule has 18 heavy (non-hydrogen) atoms. The Balaban J connectivity index is 5.96. The summed E-state index contributed by atoms with van der Waals surface area (Å²) in [6.07, 6.45) is -7.17. The first-order chi connectivity index (χ1) is 7.56. The van der Waals surface area contributed by atoms with E-state index < -0.39 is 38.2 Å². The zero-order valence-electron chi connectivity index (χ0n) is 7.50. The van der Waals surface area contributed by atoms with Gasteiger partial charge in [-0.3, -0.25) is 0 Å². The molecule has 0 aromatic heterocycles. The van der Waals surface area contributed by atoms with Crippen molar-refractivity contribution in [3.05, 3.63) is 0 Å². The number of sulfonamides is 1. The molecule has 0 aromatic carbocycles. The van der Waals surface area contributed by atoms with Gasteiger partial charge in [0.05, 0.1) is 0 Å². The molecule has 0 unspecified atom stereocenters. The Hall–Kier alpha value is -0.790. The topological polar surface area (TPSA) is 46.2 Å². The lowest BCUT2D eigenvalue weighted by atomic mass is 10.1. The first-order valence-corrected chi connectivity index (χ1v) is 4.86. The molecule has 0 saturated heterocycles. The quantitative estimate of drug-likeness (QED) is 0.638. The summed E-state index contributed by atoms with van der Waals surface area (Å²) in [6.45, 7) is 0. The summed E-state index contributed by atoms with van der Waals surface area (Å²) in [7, 11) is -7.08. The van der Waals surface area contributed by atoms with E-state index in [1.54, 1.807) is 0 Å². The van der Waals surface area contributed by atoms with Crippen LogP contribution in [0.5, 0.6) is 0 Å². The maximum Gasteiger partial charge on any atom is 0.460 e. The highest BCUT2D eigenvalue weighted by Crippen LogP contribution is 2.54. The molecule has 0 aliphatic heterocycles. The fraction of sp³-hybridized carbons (Fsp3) is 1.00. The minimum atomic E-state index is -7.42. The van der Waals surface area contributed by atoms with Crippen LogP contribution in [0, 0.1) is 0 Å². The van der Waals surface area contributed by atoms with Crippen molar-refractivity contribution in [1.82, 2.24) is 4.94 Å². The summed E-state index contributed by atoms with van der Waals surface area (Å²) in [5.74, 6) is -14.8. The van der Waals surface area contributed by atoms with Crippen molar-refractivity contribution in [3.8, 4) is 0 Å². The Morgan fingerprint density at radius 2 is 1.06 bits per heavy atom. The molecule has 0 aliphatic carbocycles. The van der Waals surface area contributed by atoms with E-state index in [2.05, 4.69) is 0 Å². The van der Waals surface area contributed by atoms with Gasteiger partial charge in [-0.15, -0.1) is 4.48 Å². The van der Waals surface area contributed by atoms with Gasteiger partial charge in [-0.1, -0.05) is 0 Å². The third-order valence-corrected chi connectivity index (χ3v) is 2.69. The highest BCUT2D eigenvalue weighted by Gasteiger charge is 2.85. The monoisotopic (exact) mass is 317 g/mol. The molecule has 0 aliphatic rings. The second-order valence-corrected chi connectivity index (χ2v) is 4.42. The molecule has 0 heterocycles. The van der Waals surface area contributed by atoms with Gasteiger partial charge in [0, 0.05) is 0 Å². The summed E-state index contributed by atoms with van der Waals surface area (Å²) < 4.78 is 139. The Labute approximate surface area is 91.7 Å². The van der Waals surface area contributed by atoms with Gasteiger partial charge in [0.25, 0.3) is 0 Å². The van der Waals surface area contributed by atoms with Gasteiger partial charge < -0.3 is 0 Å². The number of halogens is 10. The first-order valence-electron chi connectivity index (χ1n) is 3.38. The minimum Gasteiger partial charge on any atom is -0.203 e. The predicted molar refractivity (Wildman–Crippen MR) is 34.1 cm³/mol. The summed E-state index contributed by atoms with van der Waals surface area (Å²) in [6, 6.07) is 0. The van der Waals surface area contributed by atoms with E-state index in [0.717, 1.165) is 0 Å². The standard InChI is InChI=1S/C4HF10NO2S/c5-1(6,3(9,10)11)2(7,8)4(12,13)18(16,17)15-14/h15H. The van der Waals surface area contributed by atoms with Gasteiger partial charge in [0.1, 0.15) is 0 Å². The zero-order chi connectivity index (χ0) is 15.2. The maximum atomic E-state index is 12.4. The zero-order valence-corrected chi connectivity index (χ0v) is 8.32. The summed E-state index contributed by atoms with van der Waals surface area (Å²) >= 11 is 0. The normalized spacial score (nSPS) is 15.9. The molecule has 0 radical (unpaired) electrons. The van der Waals surface area contributed by atoms with E-state index in [1.165, 1.54) is 0 Å². The molecule has 110 valence electrons. The van der Waals surface area contributed by atoms with E-state index in [0.29, 0.717) is 0 Å².